The number of oxazole rings is 1. The second kappa shape index (κ2) is 7.49. The molecule has 4 heteroatoms. The standard InChI is InChI=1S/C20H26N2O2/c1-2-6-18(7-3-1)20-21-19(15-24-20)13-22-9-4-5-16(12-22)11-17-8-10-23-14-17/h1-3,6-7,15-17H,4-5,8-14H2. The highest BCUT2D eigenvalue weighted by Crippen LogP contribution is 2.28. The molecule has 0 radical (unpaired) electrons. The van der Waals surface area contributed by atoms with Gasteiger partial charge >= 0.3 is 0 Å². The second-order valence-corrected chi connectivity index (χ2v) is 7.22. The van der Waals surface area contributed by atoms with Gasteiger partial charge in [0.05, 0.1) is 5.69 Å². The van der Waals surface area contributed by atoms with Crippen LogP contribution in [0.4, 0.5) is 0 Å². The molecule has 4 nitrogen and oxygen atoms in total. The van der Waals surface area contributed by atoms with E-state index in [-0.39, 0.29) is 0 Å². The number of ether oxygens (including phenoxy) is 1. The fourth-order valence-electron chi connectivity index (χ4n) is 4.05. The summed E-state index contributed by atoms with van der Waals surface area (Å²) in [6.07, 6.45) is 7.05. The molecule has 2 aliphatic rings. The number of rotatable bonds is 5. The molecule has 0 spiro atoms. The summed E-state index contributed by atoms with van der Waals surface area (Å²) in [5, 5.41) is 0. The molecule has 2 unspecified atom stereocenters. The Balaban J connectivity index is 1.34. The first-order valence-electron chi connectivity index (χ1n) is 9.17. The zero-order chi connectivity index (χ0) is 16.2. The third kappa shape index (κ3) is 3.87. The van der Waals surface area contributed by atoms with Crippen LogP contribution in [0.1, 0.15) is 31.4 Å². The van der Waals surface area contributed by atoms with Crippen molar-refractivity contribution in [3.63, 3.8) is 0 Å². The quantitative estimate of drug-likeness (QED) is 0.833. The van der Waals surface area contributed by atoms with Gasteiger partial charge in [0.15, 0.2) is 0 Å². The molecule has 2 saturated heterocycles. The lowest BCUT2D eigenvalue weighted by molar-refractivity contribution is 0.137. The average molecular weight is 326 g/mol. The van der Waals surface area contributed by atoms with Crippen LogP contribution in [0.25, 0.3) is 11.5 Å². The molecule has 2 aromatic rings. The molecule has 1 aromatic carbocycles. The summed E-state index contributed by atoms with van der Waals surface area (Å²) in [6, 6.07) is 10.1. The highest BCUT2D eigenvalue weighted by molar-refractivity contribution is 5.52. The highest BCUT2D eigenvalue weighted by atomic mass is 16.5. The molecular weight excluding hydrogens is 300 g/mol. The van der Waals surface area contributed by atoms with Gasteiger partial charge in [-0.15, -0.1) is 0 Å². The fraction of sp³-hybridized carbons (Fsp3) is 0.550. The molecule has 2 atom stereocenters. The van der Waals surface area contributed by atoms with E-state index in [4.69, 9.17) is 9.15 Å². The fourth-order valence-corrected chi connectivity index (χ4v) is 4.05. The summed E-state index contributed by atoms with van der Waals surface area (Å²) in [4.78, 5) is 7.21. The van der Waals surface area contributed by atoms with Gasteiger partial charge in [0.1, 0.15) is 6.26 Å². The molecule has 1 aromatic heterocycles. The van der Waals surface area contributed by atoms with Crippen molar-refractivity contribution in [1.29, 1.82) is 0 Å². The minimum absolute atomic E-state index is 0.724. The lowest BCUT2D eigenvalue weighted by Crippen LogP contribution is -2.35. The molecule has 2 fully saturated rings. The van der Waals surface area contributed by atoms with Crippen LogP contribution in [-0.2, 0) is 11.3 Å². The molecule has 0 N–H and O–H groups in total. The Morgan fingerprint density at radius 3 is 2.88 bits per heavy atom. The van der Waals surface area contributed by atoms with Crippen LogP contribution in [0, 0.1) is 11.8 Å². The number of aromatic nitrogens is 1. The van der Waals surface area contributed by atoms with Crippen molar-refractivity contribution < 1.29 is 9.15 Å². The maximum absolute atomic E-state index is 5.67. The molecular formula is C20H26N2O2. The van der Waals surface area contributed by atoms with E-state index in [0.717, 1.165) is 48.7 Å². The van der Waals surface area contributed by atoms with E-state index in [0.29, 0.717) is 0 Å². The third-order valence-electron chi connectivity index (χ3n) is 5.25. The zero-order valence-electron chi connectivity index (χ0n) is 14.2. The number of hydrogen-bond donors (Lipinski definition) is 0. The lowest BCUT2D eigenvalue weighted by atomic mass is 9.88. The Bertz CT molecular complexity index is 634. The van der Waals surface area contributed by atoms with Gasteiger partial charge in [-0.3, -0.25) is 4.90 Å². The van der Waals surface area contributed by atoms with Crippen LogP contribution in [0.15, 0.2) is 41.0 Å². The summed E-state index contributed by atoms with van der Waals surface area (Å²) in [5.74, 6) is 2.32. The van der Waals surface area contributed by atoms with Gasteiger partial charge in [0, 0.05) is 31.9 Å². The maximum atomic E-state index is 5.67. The summed E-state index contributed by atoms with van der Waals surface area (Å²) in [6.45, 7) is 5.19. The minimum Gasteiger partial charge on any atom is -0.444 e. The Morgan fingerprint density at radius 2 is 2.04 bits per heavy atom. The van der Waals surface area contributed by atoms with Crippen molar-refractivity contribution in [1.82, 2.24) is 9.88 Å². The van der Waals surface area contributed by atoms with Crippen LogP contribution >= 0.6 is 0 Å². The van der Waals surface area contributed by atoms with E-state index in [1.54, 1.807) is 0 Å². The van der Waals surface area contributed by atoms with E-state index in [1.165, 1.54) is 38.8 Å². The summed E-state index contributed by atoms with van der Waals surface area (Å²) in [7, 11) is 0. The number of benzene rings is 1. The number of nitrogens with zero attached hydrogens (tertiary/aromatic N) is 2. The average Bonchev–Trinajstić information content (AvgIpc) is 3.28. The normalized spacial score (nSPS) is 25.2. The first-order valence-corrected chi connectivity index (χ1v) is 9.17. The summed E-state index contributed by atoms with van der Waals surface area (Å²) >= 11 is 0. The van der Waals surface area contributed by atoms with Crippen LogP contribution < -0.4 is 0 Å². The molecule has 0 bridgehead atoms. The van der Waals surface area contributed by atoms with E-state index < -0.39 is 0 Å². The van der Waals surface area contributed by atoms with E-state index >= 15 is 0 Å². The number of piperidine rings is 1. The predicted octanol–water partition coefficient (Wildman–Crippen LogP) is 3.98. The second-order valence-electron chi connectivity index (χ2n) is 7.22. The van der Waals surface area contributed by atoms with Crippen LogP contribution in [0.3, 0.4) is 0 Å². The van der Waals surface area contributed by atoms with Gasteiger partial charge < -0.3 is 9.15 Å². The topological polar surface area (TPSA) is 38.5 Å². The number of likely N-dealkylation sites (tertiary alicyclic amines) is 1. The molecule has 0 aliphatic carbocycles. The first kappa shape index (κ1) is 15.9. The lowest BCUT2D eigenvalue weighted by Gasteiger charge is -2.33. The smallest absolute Gasteiger partial charge is 0.226 e. The molecule has 3 heterocycles. The van der Waals surface area contributed by atoms with Crippen molar-refractivity contribution in [3.8, 4) is 11.5 Å². The molecule has 2 aliphatic heterocycles. The molecule has 24 heavy (non-hydrogen) atoms. The predicted molar refractivity (Wildman–Crippen MR) is 93.5 cm³/mol. The Kier molecular flexibility index (Phi) is 4.95. The zero-order valence-corrected chi connectivity index (χ0v) is 14.2. The van der Waals surface area contributed by atoms with Gasteiger partial charge in [-0.05, 0) is 56.2 Å². The Morgan fingerprint density at radius 1 is 1.12 bits per heavy atom. The van der Waals surface area contributed by atoms with Crippen molar-refractivity contribution in [2.75, 3.05) is 26.3 Å². The minimum atomic E-state index is 0.724. The van der Waals surface area contributed by atoms with Crippen LogP contribution in [-0.4, -0.2) is 36.2 Å². The van der Waals surface area contributed by atoms with Crippen LogP contribution in [0.5, 0.6) is 0 Å². The Labute approximate surface area is 143 Å². The summed E-state index contributed by atoms with van der Waals surface area (Å²) < 4.78 is 11.2. The molecule has 128 valence electrons. The monoisotopic (exact) mass is 326 g/mol. The van der Waals surface area contributed by atoms with Gasteiger partial charge in [0.2, 0.25) is 5.89 Å². The SMILES string of the molecule is c1ccc(-c2nc(CN3CCCC(CC4CCOC4)C3)co2)cc1. The Hall–Kier alpha value is -1.65. The van der Waals surface area contributed by atoms with E-state index in [2.05, 4.69) is 9.88 Å². The highest BCUT2D eigenvalue weighted by Gasteiger charge is 2.25. The number of hydrogen-bond acceptors (Lipinski definition) is 4. The molecule has 0 amide bonds. The molecule has 4 rings (SSSR count). The van der Waals surface area contributed by atoms with Crippen LogP contribution in [0.2, 0.25) is 0 Å². The van der Waals surface area contributed by atoms with Crippen molar-refractivity contribution >= 4 is 0 Å². The summed E-state index contributed by atoms with van der Waals surface area (Å²) in [5.41, 5.74) is 2.08. The van der Waals surface area contributed by atoms with Gasteiger partial charge in [-0.2, -0.15) is 0 Å². The van der Waals surface area contributed by atoms with Gasteiger partial charge in [-0.25, -0.2) is 4.98 Å². The van der Waals surface area contributed by atoms with Crippen molar-refractivity contribution in [2.45, 2.75) is 32.2 Å². The largest absolute Gasteiger partial charge is 0.444 e. The first-order chi connectivity index (χ1) is 11.9. The third-order valence-corrected chi connectivity index (χ3v) is 5.25. The maximum Gasteiger partial charge on any atom is 0.226 e. The van der Waals surface area contributed by atoms with Crippen molar-refractivity contribution in [2.24, 2.45) is 11.8 Å². The van der Waals surface area contributed by atoms with E-state index in [9.17, 15) is 0 Å². The van der Waals surface area contributed by atoms with Crippen molar-refractivity contribution in [3.05, 3.63) is 42.3 Å². The van der Waals surface area contributed by atoms with Gasteiger partial charge in [-0.1, -0.05) is 18.2 Å². The van der Waals surface area contributed by atoms with Gasteiger partial charge in [0.25, 0.3) is 0 Å². The van der Waals surface area contributed by atoms with E-state index in [1.807, 2.05) is 36.6 Å². The molecule has 0 saturated carbocycles.